The summed E-state index contributed by atoms with van der Waals surface area (Å²) in [7, 11) is 0. The monoisotopic (exact) mass is 562 g/mol. The molecule has 0 heterocycles. The first-order valence-electron chi connectivity index (χ1n) is 14.2. The van der Waals surface area contributed by atoms with Gasteiger partial charge in [-0.3, -0.25) is 0 Å². The summed E-state index contributed by atoms with van der Waals surface area (Å²) in [6.07, 6.45) is 4.11. The van der Waals surface area contributed by atoms with Gasteiger partial charge in [-0.25, -0.2) is 0 Å². The molecule has 0 saturated heterocycles. The van der Waals surface area contributed by atoms with Crippen LogP contribution in [0.2, 0.25) is 0 Å². The molecule has 0 spiro atoms. The van der Waals surface area contributed by atoms with E-state index in [4.69, 9.17) is 0 Å². The first-order chi connectivity index (χ1) is 20.6. The molecule has 0 bridgehead atoms. The average Bonchev–Trinajstić information content (AvgIpc) is 3.05. The standard InChI is InChI=1S/C34H38N6O2/c1-3-39(23-25-41)33-19-15-31(16-20-33)37-35-29-11-7-27(8-12-29)5-6-28-9-13-30(14-10-28)36-38-32-17-21-34(22-18-32)40(4-2)24-26-42/h5-22,41-42H,3-4,23-26H2,1-2H3/b6-5+,37-35?,38-36?. The predicted molar refractivity (Wildman–Crippen MR) is 173 cm³/mol. The normalized spacial score (nSPS) is 11.6. The highest BCUT2D eigenvalue weighted by molar-refractivity contribution is 5.70. The van der Waals surface area contributed by atoms with Crippen molar-refractivity contribution >= 4 is 46.3 Å². The number of anilines is 2. The van der Waals surface area contributed by atoms with Gasteiger partial charge in [-0.2, -0.15) is 20.5 Å². The largest absolute Gasteiger partial charge is 0.395 e. The van der Waals surface area contributed by atoms with Gasteiger partial charge in [0.1, 0.15) is 0 Å². The van der Waals surface area contributed by atoms with Crippen LogP contribution in [-0.4, -0.2) is 49.6 Å². The zero-order valence-electron chi connectivity index (χ0n) is 24.2. The quantitative estimate of drug-likeness (QED) is 0.119. The van der Waals surface area contributed by atoms with Crippen LogP contribution in [0.25, 0.3) is 12.2 Å². The van der Waals surface area contributed by atoms with E-state index in [9.17, 15) is 10.2 Å². The van der Waals surface area contributed by atoms with E-state index in [1.165, 1.54) is 0 Å². The van der Waals surface area contributed by atoms with Crippen molar-refractivity contribution < 1.29 is 10.2 Å². The Hall–Kier alpha value is -4.66. The van der Waals surface area contributed by atoms with Gasteiger partial charge in [0.15, 0.2) is 0 Å². The summed E-state index contributed by atoms with van der Waals surface area (Å²) in [5.41, 5.74) is 7.36. The summed E-state index contributed by atoms with van der Waals surface area (Å²) >= 11 is 0. The minimum Gasteiger partial charge on any atom is -0.395 e. The van der Waals surface area contributed by atoms with Gasteiger partial charge in [0, 0.05) is 37.6 Å². The van der Waals surface area contributed by atoms with Crippen LogP contribution >= 0.6 is 0 Å². The van der Waals surface area contributed by atoms with Gasteiger partial charge in [0.05, 0.1) is 36.0 Å². The molecule has 0 radical (unpaired) electrons. The molecule has 216 valence electrons. The lowest BCUT2D eigenvalue weighted by atomic mass is 10.1. The number of rotatable bonds is 14. The topological polar surface area (TPSA) is 96.4 Å². The van der Waals surface area contributed by atoms with E-state index in [0.717, 1.165) is 58.3 Å². The van der Waals surface area contributed by atoms with Crippen molar-refractivity contribution in [2.75, 3.05) is 49.2 Å². The summed E-state index contributed by atoms with van der Waals surface area (Å²) in [5.74, 6) is 0. The third kappa shape index (κ3) is 8.92. The van der Waals surface area contributed by atoms with E-state index in [-0.39, 0.29) is 13.2 Å². The van der Waals surface area contributed by atoms with Crippen LogP contribution in [0.4, 0.5) is 34.1 Å². The van der Waals surface area contributed by atoms with E-state index in [2.05, 4.69) is 56.3 Å². The third-order valence-corrected chi connectivity index (χ3v) is 6.75. The highest BCUT2D eigenvalue weighted by atomic mass is 16.3. The summed E-state index contributed by atoms with van der Waals surface area (Å²) in [4.78, 5) is 4.21. The molecule has 4 aromatic carbocycles. The fourth-order valence-electron chi connectivity index (χ4n) is 4.37. The molecule has 0 saturated carbocycles. The molecule has 8 nitrogen and oxygen atoms in total. The molecule has 8 heteroatoms. The lowest BCUT2D eigenvalue weighted by molar-refractivity contribution is 0.302. The fourth-order valence-corrected chi connectivity index (χ4v) is 4.37. The SMILES string of the molecule is CCN(CCO)c1ccc(N=Nc2ccc(/C=C/c3ccc(N=Nc4ccc(N(CC)CCO)cc4)cc3)cc2)cc1. The number of nitrogens with zero attached hydrogens (tertiary/aromatic N) is 6. The maximum atomic E-state index is 9.21. The summed E-state index contributed by atoms with van der Waals surface area (Å²) in [6, 6.07) is 31.5. The molecule has 0 aliphatic rings. The van der Waals surface area contributed by atoms with Crippen molar-refractivity contribution in [1.82, 2.24) is 0 Å². The van der Waals surface area contributed by atoms with Gasteiger partial charge in [0.25, 0.3) is 0 Å². The Kier molecular flexibility index (Phi) is 11.5. The van der Waals surface area contributed by atoms with Crippen LogP contribution in [-0.2, 0) is 0 Å². The number of likely N-dealkylation sites (N-methyl/N-ethyl adjacent to an activating group) is 2. The van der Waals surface area contributed by atoms with E-state index >= 15 is 0 Å². The molecule has 4 rings (SSSR count). The second kappa shape index (κ2) is 16.0. The lowest BCUT2D eigenvalue weighted by Gasteiger charge is -2.21. The Morgan fingerprint density at radius 1 is 0.476 bits per heavy atom. The minimum absolute atomic E-state index is 0.127. The third-order valence-electron chi connectivity index (χ3n) is 6.75. The van der Waals surface area contributed by atoms with Crippen LogP contribution in [0.1, 0.15) is 25.0 Å². The van der Waals surface area contributed by atoms with E-state index in [0.29, 0.717) is 13.1 Å². The van der Waals surface area contributed by atoms with Crippen LogP contribution < -0.4 is 9.80 Å². The average molecular weight is 563 g/mol. The zero-order valence-corrected chi connectivity index (χ0v) is 24.2. The van der Waals surface area contributed by atoms with Gasteiger partial charge < -0.3 is 20.0 Å². The van der Waals surface area contributed by atoms with Gasteiger partial charge in [-0.05, 0) is 97.8 Å². The number of azo groups is 2. The number of hydrogen-bond donors (Lipinski definition) is 2. The Morgan fingerprint density at radius 2 is 0.762 bits per heavy atom. The Balaban J connectivity index is 1.30. The van der Waals surface area contributed by atoms with E-state index in [1.54, 1.807) is 0 Å². The summed E-state index contributed by atoms with van der Waals surface area (Å²) < 4.78 is 0. The van der Waals surface area contributed by atoms with Gasteiger partial charge in [0.2, 0.25) is 0 Å². The maximum Gasteiger partial charge on any atom is 0.0858 e. The molecule has 0 fully saturated rings. The van der Waals surface area contributed by atoms with Gasteiger partial charge in [-0.15, -0.1) is 0 Å². The van der Waals surface area contributed by atoms with Crippen LogP contribution in [0.3, 0.4) is 0 Å². The molecule has 42 heavy (non-hydrogen) atoms. The zero-order chi connectivity index (χ0) is 29.6. The molecule has 0 aliphatic carbocycles. The van der Waals surface area contributed by atoms with Crippen molar-refractivity contribution in [1.29, 1.82) is 0 Å². The maximum absolute atomic E-state index is 9.21. The summed E-state index contributed by atoms with van der Waals surface area (Å²) in [5, 5.41) is 35.8. The van der Waals surface area contributed by atoms with Crippen LogP contribution in [0, 0.1) is 0 Å². The van der Waals surface area contributed by atoms with Gasteiger partial charge >= 0.3 is 0 Å². The molecular weight excluding hydrogens is 524 g/mol. The molecule has 0 amide bonds. The highest BCUT2D eigenvalue weighted by Crippen LogP contribution is 2.24. The molecule has 0 aliphatic heterocycles. The molecule has 0 aromatic heterocycles. The smallest absolute Gasteiger partial charge is 0.0858 e. The van der Waals surface area contributed by atoms with Crippen molar-refractivity contribution in [2.24, 2.45) is 20.5 Å². The Labute approximate surface area is 248 Å². The molecule has 2 N–H and O–H groups in total. The molecular formula is C34H38N6O2. The molecule has 4 aromatic rings. The summed E-state index contributed by atoms with van der Waals surface area (Å²) in [6.45, 7) is 7.27. The van der Waals surface area contributed by atoms with Crippen LogP contribution in [0.5, 0.6) is 0 Å². The molecule has 0 unspecified atom stereocenters. The highest BCUT2D eigenvalue weighted by Gasteiger charge is 2.04. The fraction of sp³-hybridized carbons (Fsp3) is 0.235. The van der Waals surface area contributed by atoms with Crippen molar-refractivity contribution in [3.8, 4) is 0 Å². The van der Waals surface area contributed by atoms with Crippen molar-refractivity contribution in [3.05, 3.63) is 108 Å². The number of benzene rings is 4. The number of aliphatic hydroxyl groups excluding tert-OH is 2. The first-order valence-corrected chi connectivity index (χ1v) is 14.2. The van der Waals surface area contributed by atoms with Crippen molar-refractivity contribution in [2.45, 2.75) is 13.8 Å². The van der Waals surface area contributed by atoms with Crippen LogP contribution in [0.15, 0.2) is 118 Å². The predicted octanol–water partition coefficient (Wildman–Crippen LogP) is 8.33. The second-order valence-electron chi connectivity index (χ2n) is 9.56. The number of hydrogen-bond acceptors (Lipinski definition) is 8. The lowest BCUT2D eigenvalue weighted by Crippen LogP contribution is -2.25. The second-order valence-corrected chi connectivity index (χ2v) is 9.56. The van der Waals surface area contributed by atoms with Gasteiger partial charge in [-0.1, -0.05) is 36.4 Å². The Morgan fingerprint density at radius 3 is 1.02 bits per heavy atom. The van der Waals surface area contributed by atoms with Crippen molar-refractivity contribution in [3.63, 3.8) is 0 Å². The van der Waals surface area contributed by atoms with E-state index < -0.39 is 0 Å². The molecule has 0 atom stereocenters. The van der Waals surface area contributed by atoms with E-state index in [1.807, 2.05) is 97.1 Å². The number of aliphatic hydroxyl groups is 2. The Bertz CT molecular complexity index is 1340. The first kappa shape index (κ1) is 30.3. The minimum atomic E-state index is 0.127.